The number of carboxylic acid groups (broad SMARTS) is 1. The van der Waals surface area contributed by atoms with Crippen LogP contribution in [0.4, 0.5) is 4.79 Å². The van der Waals surface area contributed by atoms with Crippen LogP contribution in [0, 0.1) is 0 Å². The summed E-state index contributed by atoms with van der Waals surface area (Å²) in [6.07, 6.45) is 0.208. The Kier molecular flexibility index (Phi) is 7.23. The van der Waals surface area contributed by atoms with Gasteiger partial charge < -0.3 is 25.8 Å². The van der Waals surface area contributed by atoms with Crippen molar-refractivity contribution >= 4 is 12.0 Å². The molecule has 0 heterocycles. The minimum absolute atomic E-state index is 0.208. The highest BCUT2D eigenvalue weighted by Gasteiger charge is 2.12. The molecule has 0 saturated heterocycles. The molecule has 0 aromatic carbocycles. The number of ether oxygens (including phenoxy) is 1. The number of rotatable bonds is 7. The van der Waals surface area contributed by atoms with E-state index in [9.17, 15) is 9.59 Å². The molecular weight excluding hydrogens is 214 g/mol. The molecule has 0 saturated carbocycles. The number of carbonyl (C=O) groups is 2. The van der Waals surface area contributed by atoms with Crippen LogP contribution in [0.3, 0.4) is 0 Å². The first kappa shape index (κ1) is 14.7. The molecule has 7 heteroatoms. The van der Waals surface area contributed by atoms with Crippen molar-refractivity contribution in [1.29, 1.82) is 0 Å². The summed E-state index contributed by atoms with van der Waals surface area (Å²) in [4.78, 5) is 23.2. The van der Waals surface area contributed by atoms with E-state index in [0.29, 0.717) is 13.2 Å². The molecule has 4 N–H and O–H groups in total. The lowest BCUT2D eigenvalue weighted by Crippen LogP contribution is -2.41. The van der Waals surface area contributed by atoms with Gasteiger partial charge in [0.05, 0.1) is 6.61 Å². The molecule has 0 rings (SSSR count). The summed E-state index contributed by atoms with van der Waals surface area (Å²) in [5.74, 6) is -1.07. The van der Waals surface area contributed by atoms with E-state index < -0.39 is 12.0 Å². The Morgan fingerprint density at radius 2 is 2.19 bits per heavy atom. The van der Waals surface area contributed by atoms with Crippen molar-refractivity contribution in [2.75, 3.05) is 33.9 Å². The molecule has 1 atom stereocenters. The topological polar surface area (TPSA) is 105 Å². The lowest BCUT2D eigenvalue weighted by atomic mass is 10.2. The van der Waals surface area contributed by atoms with Gasteiger partial charge in [-0.1, -0.05) is 0 Å². The van der Waals surface area contributed by atoms with Crippen LogP contribution in [0.1, 0.15) is 6.42 Å². The second-order valence-corrected chi connectivity index (χ2v) is 3.38. The molecule has 0 aromatic rings. The third-order valence-corrected chi connectivity index (χ3v) is 2.03. The fourth-order valence-electron chi connectivity index (χ4n) is 0.923. The molecule has 0 aliphatic carbocycles. The normalized spacial score (nSPS) is 11.9. The summed E-state index contributed by atoms with van der Waals surface area (Å²) in [5, 5.41) is 11.1. The molecule has 0 radical (unpaired) electrons. The van der Waals surface area contributed by atoms with Crippen LogP contribution >= 0.6 is 0 Å². The molecule has 0 aromatic heterocycles. The van der Waals surface area contributed by atoms with Gasteiger partial charge in [-0.2, -0.15) is 0 Å². The molecule has 0 aliphatic rings. The Hall–Kier alpha value is -1.34. The first-order valence-electron chi connectivity index (χ1n) is 4.95. The second-order valence-electron chi connectivity index (χ2n) is 3.38. The Morgan fingerprint density at radius 3 is 2.69 bits per heavy atom. The number of hydrogen-bond acceptors (Lipinski definition) is 4. The van der Waals surface area contributed by atoms with Gasteiger partial charge in [0.15, 0.2) is 0 Å². The van der Waals surface area contributed by atoms with Crippen LogP contribution in [-0.4, -0.2) is 61.9 Å². The van der Waals surface area contributed by atoms with Gasteiger partial charge in [0.25, 0.3) is 0 Å². The molecule has 2 amide bonds. The number of methoxy groups -OCH3 is 1. The molecule has 0 spiro atoms. The number of hydrogen-bond donors (Lipinski definition) is 3. The van der Waals surface area contributed by atoms with Crippen LogP contribution in [0.15, 0.2) is 0 Å². The van der Waals surface area contributed by atoms with Crippen LogP contribution < -0.4 is 11.1 Å². The van der Waals surface area contributed by atoms with E-state index in [1.807, 2.05) is 0 Å². The third kappa shape index (κ3) is 6.20. The average molecular weight is 233 g/mol. The highest BCUT2D eigenvalue weighted by Crippen LogP contribution is 1.88. The minimum atomic E-state index is -1.07. The zero-order valence-corrected chi connectivity index (χ0v) is 9.60. The maximum atomic E-state index is 11.4. The summed E-state index contributed by atoms with van der Waals surface area (Å²) in [7, 11) is 3.18. The standard InChI is InChI=1S/C9H19N3O4/c1-12(5-6-16-2)9(15)11-4-3-7(10)8(13)14/h7H,3-6,10H2,1-2H3,(H,11,15)(H,13,14)/t7-/m0/s1. The van der Waals surface area contributed by atoms with Crippen molar-refractivity contribution in [2.24, 2.45) is 5.73 Å². The van der Waals surface area contributed by atoms with Gasteiger partial charge in [-0.25, -0.2) is 4.79 Å². The SMILES string of the molecule is COCCN(C)C(=O)NCC[C@H](N)C(=O)O. The maximum Gasteiger partial charge on any atom is 0.320 e. The van der Waals surface area contributed by atoms with Gasteiger partial charge in [-0.05, 0) is 6.42 Å². The van der Waals surface area contributed by atoms with Crippen molar-refractivity contribution in [3.05, 3.63) is 0 Å². The molecule has 16 heavy (non-hydrogen) atoms. The van der Waals surface area contributed by atoms with Crippen molar-refractivity contribution in [2.45, 2.75) is 12.5 Å². The van der Waals surface area contributed by atoms with Gasteiger partial charge >= 0.3 is 12.0 Å². The van der Waals surface area contributed by atoms with E-state index in [-0.39, 0.29) is 19.0 Å². The van der Waals surface area contributed by atoms with E-state index in [1.165, 1.54) is 4.90 Å². The average Bonchev–Trinajstić information content (AvgIpc) is 2.25. The zero-order chi connectivity index (χ0) is 12.6. The molecule has 0 aliphatic heterocycles. The second kappa shape index (κ2) is 7.89. The largest absolute Gasteiger partial charge is 0.480 e. The monoisotopic (exact) mass is 233 g/mol. The maximum absolute atomic E-state index is 11.4. The zero-order valence-electron chi connectivity index (χ0n) is 9.60. The Morgan fingerprint density at radius 1 is 1.56 bits per heavy atom. The molecule has 94 valence electrons. The van der Waals surface area contributed by atoms with Crippen molar-refractivity contribution in [1.82, 2.24) is 10.2 Å². The van der Waals surface area contributed by atoms with Gasteiger partial charge in [0.2, 0.25) is 0 Å². The number of carbonyl (C=O) groups excluding carboxylic acids is 1. The Balaban J connectivity index is 3.68. The smallest absolute Gasteiger partial charge is 0.320 e. The number of nitrogens with two attached hydrogens (primary N) is 1. The van der Waals surface area contributed by atoms with E-state index in [0.717, 1.165) is 0 Å². The van der Waals surface area contributed by atoms with Gasteiger partial charge in [0.1, 0.15) is 6.04 Å². The van der Waals surface area contributed by atoms with Crippen LogP contribution in [0.5, 0.6) is 0 Å². The van der Waals surface area contributed by atoms with Crippen molar-refractivity contribution in [3.8, 4) is 0 Å². The highest BCUT2D eigenvalue weighted by molar-refractivity contribution is 5.74. The number of carboxylic acids is 1. The predicted molar refractivity (Wildman–Crippen MR) is 58.1 cm³/mol. The van der Waals surface area contributed by atoms with Crippen molar-refractivity contribution in [3.63, 3.8) is 0 Å². The van der Waals surface area contributed by atoms with Gasteiger partial charge in [-0.15, -0.1) is 0 Å². The molecule has 0 bridgehead atoms. The molecular formula is C9H19N3O4. The number of aliphatic carboxylic acids is 1. The third-order valence-electron chi connectivity index (χ3n) is 2.03. The highest BCUT2D eigenvalue weighted by atomic mass is 16.5. The summed E-state index contributed by atoms with van der Waals surface area (Å²) < 4.78 is 4.82. The molecule has 0 unspecified atom stereocenters. The fourth-order valence-corrected chi connectivity index (χ4v) is 0.923. The van der Waals surface area contributed by atoms with Gasteiger partial charge in [-0.3, -0.25) is 4.79 Å². The van der Waals surface area contributed by atoms with E-state index in [4.69, 9.17) is 15.6 Å². The van der Waals surface area contributed by atoms with E-state index >= 15 is 0 Å². The number of urea groups is 1. The summed E-state index contributed by atoms with van der Waals surface area (Å²) in [6.45, 7) is 1.18. The molecule has 7 nitrogen and oxygen atoms in total. The minimum Gasteiger partial charge on any atom is -0.480 e. The van der Waals surface area contributed by atoms with Crippen LogP contribution in [0.25, 0.3) is 0 Å². The Labute approximate surface area is 94.5 Å². The predicted octanol–water partition coefficient (Wildman–Crippen LogP) is -0.924. The quantitative estimate of drug-likeness (QED) is 0.527. The molecule has 0 fully saturated rings. The first-order chi connectivity index (χ1) is 7.49. The van der Waals surface area contributed by atoms with E-state index in [2.05, 4.69) is 5.32 Å². The number of nitrogens with zero attached hydrogens (tertiary/aromatic N) is 1. The van der Waals surface area contributed by atoms with Crippen LogP contribution in [-0.2, 0) is 9.53 Å². The number of nitrogens with one attached hydrogen (secondary N) is 1. The summed E-state index contributed by atoms with van der Waals surface area (Å²) in [6, 6.07) is -1.21. The Bertz CT molecular complexity index is 235. The fraction of sp³-hybridized carbons (Fsp3) is 0.778. The summed E-state index contributed by atoms with van der Waals surface area (Å²) in [5.41, 5.74) is 5.27. The van der Waals surface area contributed by atoms with Crippen molar-refractivity contribution < 1.29 is 19.4 Å². The summed E-state index contributed by atoms with van der Waals surface area (Å²) >= 11 is 0. The van der Waals surface area contributed by atoms with Crippen LogP contribution in [0.2, 0.25) is 0 Å². The lowest BCUT2D eigenvalue weighted by molar-refractivity contribution is -0.138. The van der Waals surface area contributed by atoms with Gasteiger partial charge in [0, 0.05) is 27.2 Å². The first-order valence-corrected chi connectivity index (χ1v) is 4.95. The number of likely N-dealkylation sites (N-methyl/N-ethyl adjacent to an activating group) is 1. The lowest BCUT2D eigenvalue weighted by Gasteiger charge is -2.17. The number of amides is 2. The van der Waals surface area contributed by atoms with E-state index in [1.54, 1.807) is 14.2 Å².